The largest absolute Gasteiger partial charge is 0.466 e. The fourth-order valence-corrected chi connectivity index (χ4v) is 1.61. The first kappa shape index (κ1) is 16.7. The quantitative estimate of drug-likeness (QED) is 0.659. The van der Waals surface area contributed by atoms with Crippen LogP contribution in [0.25, 0.3) is 0 Å². The van der Waals surface area contributed by atoms with E-state index in [0.29, 0.717) is 25.7 Å². The Hall–Kier alpha value is -1.26. The van der Waals surface area contributed by atoms with Crippen LogP contribution in [0, 0.1) is 5.92 Å². The van der Waals surface area contributed by atoms with Crippen LogP contribution in [0.5, 0.6) is 0 Å². The van der Waals surface area contributed by atoms with Crippen LogP contribution in [-0.2, 0) is 14.3 Å². The fourth-order valence-electron chi connectivity index (χ4n) is 1.61. The molecule has 0 saturated carbocycles. The van der Waals surface area contributed by atoms with Gasteiger partial charge in [-0.2, -0.15) is 0 Å². The molecule has 0 aliphatic carbocycles. The SMILES string of the molecule is CCOC(=O)CC(C)N(CC(C)C)C(=O)OCC. The first-order valence-corrected chi connectivity index (χ1v) is 6.51. The molecular weight excluding hydrogens is 234 g/mol. The molecule has 18 heavy (non-hydrogen) atoms. The first-order valence-electron chi connectivity index (χ1n) is 6.51. The molecule has 5 nitrogen and oxygen atoms in total. The Labute approximate surface area is 109 Å². The van der Waals surface area contributed by atoms with Crippen molar-refractivity contribution in [3.8, 4) is 0 Å². The van der Waals surface area contributed by atoms with E-state index in [1.165, 1.54) is 0 Å². The monoisotopic (exact) mass is 259 g/mol. The number of nitrogens with zero attached hydrogens (tertiary/aromatic N) is 1. The van der Waals surface area contributed by atoms with E-state index in [2.05, 4.69) is 0 Å². The van der Waals surface area contributed by atoms with Crippen LogP contribution in [0.2, 0.25) is 0 Å². The summed E-state index contributed by atoms with van der Waals surface area (Å²) in [6, 6.07) is -0.217. The van der Waals surface area contributed by atoms with Crippen LogP contribution < -0.4 is 0 Å². The van der Waals surface area contributed by atoms with Crippen LogP contribution in [0.15, 0.2) is 0 Å². The van der Waals surface area contributed by atoms with Crippen molar-refractivity contribution in [3.63, 3.8) is 0 Å². The minimum atomic E-state index is -0.372. The third kappa shape index (κ3) is 6.47. The number of hydrogen-bond acceptors (Lipinski definition) is 4. The lowest BCUT2D eigenvalue weighted by Gasteiger charge is -2.29. The summed E-state index contributed by atoms with van der Waals surface area (Å²) in [6.07, 6.45) is -0.178. The molecule has 0 heterocycles. The van der Waals surface area contributed by atoms with E-state index in [0.717, 1.165) is 0 Å². The number of amides is 1. The molecule has 1 unspecified atom stereocenters. The molecule has 0 aromatic heterocycles. The van der Waals surface area contributed by atoms with Crippen LogP contribution in [0.1, 0.15) is 41.0 Å². The van der Waals surface area contributed by atoms with E-state index in [4.69, 9.17) is 9.47 Å². The zero-order chi connectivity index (χ0) is 14.1. The standard InChI is InChI=1S/C13H25NO4/c1-6-17-12(15)8-11(5)14(9-10(3)4)13(16)18-7-2/h10-11H,6-9H2,1-5H3. The minimum absolute atomic E-state index is 0.194. The summed E-state index contributed by atoms with van der Waals surface area (Å²) in [4.78, 5) is 24.8. The lowest BCUT2D eigenvalue weighted by atomic mass is 10.1. The first-order chi connectivity index (χ1) is 8.42. The summed E-state index contributed by atoms with van der Waals surface area (Å²) in [5.74, 6) is 0.0297. The molecule has 0 spiro atoms. The summed E-state index contributed by atoms with van der Waals surface area (Å²) in [5.41, 5.74) is 0. The van der Waals surface area contributed by atoms with E-state index >= 15 is 0 Å². The molecule has 1 amide bonds. The molecule has 0 aliphatic heterocycles. The second-order valence-electron chi connectivity index (χ2n) is 4.60. The Morgan fingerprint density at radius 2 is 1.61 bits per heavy atom. The van der Waals surface area contributed by atoms with Gasteiger partial charge in [-0.25, -0.2) is 4.79 Å². The predicted octanol–water partition coefficient (Wildman–Crippen LogP) is 2.44. The average Bonchev–Trinajstić information content (AvgIpc) is 2.25. The zero-order valence-electron chi connectivity index (χ0n) is 12.1. The van der Waals surface area contributed by atoms with Crippen LogP contribution in [-0.4, -0.2) is 42.8 Å². The van der Waals surface area contributed by atoms with Crippen molar-refractivity contribution in [2.75, 3.05) is 19.8 Å². The maximum atomic E-state index is 11.8. The zero-order valence-corrected chi connectivity index (χ0v) is 12.1. The third-order valence-corrected chi connectivity index (χ3v) is 2.36. The average molecular weight is 259 g/mol. The molecule has 0 aromatic carbocycles. The summed E-state index contributed by atoms with van der Waals surface area (Å²) >= 11 is 0. The smallest absolute Gasteiger partial charge is 0.410 e. The highest BCUT2D eigenvalue weighted by Crippen LogP contribution is 2.10. The van der Waals surface area contributed by atoms with Gasteiger partial charge in [0.15, 0.2) is 0 Å². The number of esters is 1. The lowest BCUT2D eigenvalue weighted by Crippen LogP contribution is -2.42. The summed E-state index contributed by atoms with van der Waals surface area (Å²) < 4.78 is 9.89. The third-order valence-electron chi connectivity index (χ3n) is 2.36. The van der Waals surface area contributed by atoms with Crippen molar-refractivity contribution < 1.29 is 19.1 Å². The van der Waals surface area contributed by atoms with E-state index in [9.17, 15) is 9.59 Å². The molecule has 0 N–H and O–H groups in total. The van der Waals surface area contributed by atoms with E-state index < -0.39 is 0 Å². The van der Waals surface area contributed by atoms with Gasteiger partial charge in [0.1, 0.15) is 0 Å². The Kier molecular flexibility index (Phi) is 8.16. The van der Waals surface area contributed by atoms with Crippen molar-refractivity contribution in [2.24, 2.45) is 5.92 Å². The molecule has 0 fully saturated rings. The van der Waals surface area contributed by atoms with Crippen molar-refractivity contribution in [1.82, 2.24) is 4.90 Å². The molecule has 0 saturated heterocycles. The normalized spacial score (nSPS) is 12.1. The van der Waals surface area contributed by atoms with Gasteiger partial charge in [0, 0.05) is 12.6 Å². The van der Waals surface area contributed by atoms with Gasteiger partial charge in [-0.3, -0.25) is 4.79 Å². The summed E-state index contributed by atoms with van der Waals surface area (Å²) in [5, 5.41) is 0. The number of rotatable bonds is 7. The van der Waals surface area contributed by atoms with Crippen LogP contribution in [0.3, 0.4) is 0 Å². The molecule has 0 rings (SSSR count). The van der Waals surface area contributed by atoms with Crippen LogP contribution in [0.4, 0.5) is 4.79 Å². The van der Waals surface area contributed by atoms with E-state index in [1.54, 1.807) is 18.7 Å². The molecule has 106 valence electrons. The number of carbonyl (C=O) groups excluding carboxylic acids is 2. The molecule has 0 radical (unpaired) electrons. The number of carbonyl (C=O) groups is 2. The van der Waals surface area contributed by atoms with Crippen molar-refractivity contribution in [1.29, 1.82) is 0 Å². The van der Waals surface area contributed by atoms with Gasteiger partial charge in [0.05, 0.1) is 19.6 Å². The maximum absolute atomic E-state index is 11.8. The molecule has 5 heteroatoms. The fraction of sp³-hybridized carbons (Fsp3) is 0.846. The van der Waals surface area contributed by atoms with Gasteiger partial charge in [-0.05, 0) is 26.7 Å². The molecule has 0 bridgehead atoms. The summed E-state index contributed by atoms with van der Waals surface area (Å²) in [6.45, 7) is 10.7. The minimum Gasteiger partial charge on any atom is -0.466 e. The number of hydrogen-bond donors (Lipinski definition) is 0. The van der Waals surface area contributed by atoms with E-state index in [-0.39, 0.29) is 24.5 Å². The molecule has 0 aliphatic rings. The topological polar surface area (TPSA) is 55.8 Å². The summed E-state index contributed by atoms with van der Waals surface area (Å²) in [7, 11) is 0. The van der Waals surface area contributed by atoms with Gasteiger partial charge in [0.2, 0.25) is 0 Å². The van der Waals surface area contributed by atoms with Crippen LogP contribution >= 0.6 is 0 Å². The van der Waals surface area contributed by atoms with Crippen molar-refractivity contribution >= 4 is 12.1 Å². The highest BCUT2D eigenvalue weighted by Gasteiger charge is 2.24. The Balaban J connectivity index is 4.53. The Bertz CT molecular complexity index is 266. The van der Waals surface area contributed by atoms with E-state index in [1.807, 2.05) is 20.8 Å². The second-order valence-corrected chi connectivity index (χ2v) is 4.60. The number of ether oxygens (including phenoxy) is 2. The molecule has 0 aromatic rings. The van der Waals surface area contributed by atoms with Gasteiger partial charge in [-0.1, -0.05) is 13.8 Å². The highest BCUT2D eigenvalue weighted by atomic mass is 16.6. The molecule has 1 atom stereocenters. The second kappa shape index (κ2) is 8.78. The molecular formula is C13H25NO4. The maximum Gasteiger partial charge on any atom is 0.410 e. The van der Waals surface area contributed by atoms with Gasteiger partial charge in [0.25, 0.3) is 0 Å². The highest BCUT2D eigenvalue weighted by molar-refractivity contribution is 5.72. The Morgan fingerprint density at radius 1 is 1.06 bits per heavy atom. The van der Waals surface area contributed by atoms with Crippen molar-refractivity contribution in [3.05, 3.63) is 0 Å². The predicted molar refractivity (Wildman–Crippen MR) is 69.3 cm³/mol. The Morgan fingerprint density at radius 3 is 2.06 bits per heavy atom. The van der Waals surface area contributed by atoms with Gasteiger partial charge in [-0.15, -0.1) is 0 Å². The van der Waals surface area contributed by atoms with Gasteiger partial charge < -0.3 is 14.4 Å². The van der Waals surface area contributed by atoms with Gasteiger partial charge >= 0.3 is 12.1 Å². The van der Waals surface area contributed by atoms with Crippen molar-refractivity contribution in [2.45, 2.75) is 47.1 Å². The lowest BCUT2D eigenvalue weighted by molar-refractivity contribution is -0.144.